The van der Waals surface area contributed by atoms with E-state index in [1.54, 1.807) is 27.9 Å². The Bertz CT molecular complexity index is 1030. The highest BCUT2D eigenvalue weighted by atomic mass is 16.6. The lowest BCUT2D eigenvalue weighted by Gasteiger charge is -2.16. The van der Waals surface area contributed by atoms with Crippen molar-refractivity contribution in [1.82, 2.24) is 14.7 Å². The first-order valence-electron chi connectivity index (χ1n) is 9.53. The average Bonchev–Trinajstić information content (AvgIpc) is 3.46. The molecule has 1 N–H and O–H groups in total. The molecular formula is C21H21N5O3. The van der Waals surface area contributed by atoms with Crippen molar-refractivity contribution in [3.63, 3.8) is 0 Å². The van der Waals surface area contributed by atoms with E-state index in [0.717, 1.165) is 24.1 Å². The van der Waals surface area contributed by atoms with E-state index in [4.69, 9.17) is 0 Å². The summed E-state index contributed by atoms with van der Waals surface area (Å²) in [5, 5.41) is 19.0. The van der Waals surface area contributed by atoms with Gasteiger partial charge in [0.1, 0.15) is 5.56 Å². The molecule has 8 nitrogen and oxygen atoms in total. The van der Waals surface area contributed by atoms with E-state index >= 15 is 0 Å². The van der Waals surface area contributed by atoms with Gasteiger partial charge < -0.3 is 10.2 Å². The Morgan fingerprint density at radius 2 is 1.93 bits per heavy atom. The fourth-order valence-corrected chi connectivity index (χ4v) is 3.56. The van der Waals surface area contributed by atoms with Crippen molar-refractivity contribution >= 4 is 17.3 Å². The maximum Gasteiger partial charge on any atom is 0.282 e. The summed E-state index contributed by atoms with van der Waals surface area (Å²) in [6.45, 7) is 1.78. The minimum atomic E-state index is -0.500. The number of likely N-dealkylation sites (tertiary alicyclic amines) is 1. The molecule has 0 atom stereocenters. The molecule has 1 aromatic heterocycles. The Balaban J connectivity index is 1.58. The second kappa shape index (κ2) is 8.14. The van der Waals surface area contributed by atoms with Crippen LogP contribution < -0.4 is 5.32 Å². The van der Waals surface area contributed by atoms with Gasteiger partial charge in [-0.3, -0.25) is 14.9 Å². The summed E-state index contributed by atoms with van der Waals surface area (Å²) >= 11 is 0. The molecular weight excluding hydrogens is 370 g/mol. The van der Waals surface area contributed by atoms with Crippen LogP contribution in [0.15, 0.2) is 60.9 Å². The molecule has 0 unspecified atom stereocenters. The molecule has 0 aliphatic carbocycles. The molecule has 0 bridgehead atoms. The first kappa shape index (κ1) is 18.7. The lowest BCUT2D eigenvalue weighted by molar-refractivity contribution is -0.385. The Morgan fingerprint density at radius 1 is 1.14 bits per heavy atom. The van der Waals surface area contributed by atoms with E-state index in [2.05, 4.69) is 10.4 Å². The molecule has 0 spiro atoms. The molecule has 2 aromatic carbocycles. The lowest BCUT2D eigenvalue weighted by atomic mass is 10.1. The summed E-state index contributed by atoms with van der Waals surface area (Å²) in [5.41, 5.74) is 2.59. The number of hydrogen-bond acceptors (Lipinski definition) is 5. The van der Waals surface area contributed by atoms with Gasteiger partial charge in [0, 0.05) is 43.8 Å². The fourth-order valence-electron chi connectivity index (χ4n) is 3.56. The number of hydrogen-bond donors (Lipinski definition) is 1. The molecule has 4 rings (SSSR count). The molecule has 0 saturated carbocycles. The predicted molar refractivity (Wildman–Crippen MR) is 109 cm³/mol. The van der Waals surface area contributed by atoms with Crippen molar-refractivity contribution in [3.8, 4) is 5.69 Å². The van der Waals surface area contributed by atoms with Crippen LogP contribution in [0.4, 0.5) is 11.4 Å². The normalized spacial score (nSPS) is 13.4. The summed E-state index contributed by atoms with van der Waals surface area (Å²) in [5.74, 6) is -0.283. The molecule has 29 heavy (non-hydrogen) atoms. The molecule has 148 valence electrons. The number of benzene rings is 2. The van der Waals surface area contributed by atoms with Gasteiger partial charge in [0.15, 0.2) is 0 Å². The predicted octanol–water partition coefficient (Wildman–Crippen LogP) is 3.63. The van der Waals surface area contributed by atoms with E-state index in [0.29, 0.717) is 25.3 Å². The van der Waals surface area contributed by atoms with Crippen LogP contribution in [0.3, 0.4) is 0 Å². The monoisotopic (exact) mass is 391 g/mol. The number of carbonyl (C=O) groups is 1. The van der Waals surface area contributed by atoms with Gasteiger partial charge in [-0.2, -0.15) is 5.10 Å². The molecule has 1 saturated heterocycles. The van der Waals surface area contributed by atoms with E-state index in [9.17, 15) is 14.9 Å². The number of carbonyl (C=O) groups excluding carboxylic acids is 1. The first-order chi connectivity index (χ1) is 14.1. The second-order valence-corrected chi connectivity index (χ2v) is 6.92. The third-order valence-electron chi connectivity index (χ3n) is 5.04. The smallest absolute Gasteiger partial charge is 0.282 e. The largest absolute Gasteiger partial charge is 0.381 e. The number of amides is 1. The summed E-state index contributed by atoms with van der Waals surface area (Å²) < 4.78 is 1.79. The number of anilines is 1. The molecule has 1 fully saturated rings. The molecule has 1 amide bonds. The number of para-hydroxylation sites is 1. The van der Waals surface area contributed by atoms with Crippen LogP contribution in [0.2, 0.25) is 0 Å². The van der Waals surface area contributed by atoms with Crippen LogP contribution in [-0.2, 0) is 6.54 Å². The van der Waals surface area contributed by atoms with Crippen molar-refractivity contribution in [2.75, 3.05) is 18.4 Å². The van der Waals surface area contributed by atoms with E-state index in [-0.39, 0.29) is 17.2 Å². The SMILES string of the molecule is O=C(c1cc(NCc2ccccc2-n2cccn2)ccc1[N+](=O)[O-])N1CCCC1. The molecule has 0 radical (unpaired) electrons. The highest BCUT2D eigenvalue weighted by Crippen LogP contribution is 2.26. The average molecular weight is 391 g/mol. The van der Waals surface area contributed by atoms with Crippen molar-refractivity contribution in [3.05, 3.63) is 82.2 Å². The zero-order chi connectivity index (χ0) is 20.2. The van der Waals surface area contributed by atoms with Crippen molar-refractivity contribution < 1.29 is 9.72 Å². The molecule has 2 heterocycles. The third kappa shape index (κ3) is 3.96. The molecule has 3 aromatic rings. The fraction of sp³-hybridized carbons (Fsp3) is 0.238. The Hall–Kier alpha value is -3.68. The summed E-state index contributed by atoms with van der Waals surface area (Å²) in [4.78, 5) is 25.4. The number of rotatable bonds is 6. The third-order valence-corrected chi connectivity index (χ3v) is 5.04. The minimum absolute atomic E-state index is 0.127. The van der Waals surface area contributed by atoms with Gasteiger partial charge in [-0.1, -0.05) is 18.2 Å². The van der Waals surface area contributed by atoms with Crippen molar-refractivity contribution in [2.45, 2.75) is 19.4 Å². The maximum atomic E-state index is 12.8. The Morgan fingerprint density at radius 3 is 2.66 bits per heavy atom. The molecule has 1 aliphatic rings. The Kier molecular flexibility index (Phi) is 5.24. The van der Waals surface area contributed by atoms with Crippen LogP contribution in [-0.4, -0.2) is 38.6 Å². The number of nitrogens with zero attached hydrogens (tertiary/aromatic N) is 4. The minimum Gasteiger partial charge on any atom is -0.381 e. The number of nitrogens with one attached hydrogen (secondary N) is 1. The van der Waals surface area contributed by atoms with E-state index < -0.39 is 4.92 Å². The topological polar surface area (TPSA) is 93.3 Å². The highest BCUT2D eigenvalue weighted by molar-refractivity contribution is 5.99. The molecule has 1 aliphatic heterocycles. The summed E-state index contributed by atoms with van der Waals surface area (Å²) in [7, 11) is 0. The maximum absolute atomic E-state index is 12.8. The molecule has 8 heteroatoms. The van der Waals surface area contributed by atoms with Gasteiger partial charge in [0.05, 0.1) is 10.6 Å². The van der Waals surface area contributed by atoms with Crippen molar-refractivity contribution in [1.29, 1.82) is 0 Å². The summed E-state index contributed by atoms with van der Waals surface area (Å²) in [6, 6.07) is 14.3. The lowest BCUT2D eigenvalue weighted by Crippen LogP contribution is -2.28. The first-order valence-corrected chi connectivity index (χ1v) is 9.53. The Labute approximate surface area is 167 Å². The van der Waals surface area contributed by atoms with Crippen LogP contribution >= 0.6 is 0 Å². The van der Waals surface area contributed by atoms with Gasteiger partial charge in [-0.25, -0.2) is 4.68 Å². The van der Waals surface area contributed by atoms with Gasteiger partial charge in [-0.15, -0.1) is 0 Å². The number of nitro benzene ring substituents is 1. The highest BCUT2D eigenvalue weighted by Gasteiger charge is 2.27. The van der Waals surface area contributed by atoms with E-state index in [1.165, 1.54) is 6.07 Å². The van der Waals surface area contributed by atoms with Crippen LogP contribution in [0.1, 0.15) is 28.8 Å². The summed E-state index contributed by atoms with van der Waals surface area (Å²) in [6.07, 6.45) is 5.46. The van der Waals surface area contributed by atoms with Gasteiger partial charge in [-0.05, 0) is 42.7 Å². The van der Waals surface area contributed by atoms with Crippen molar-refractivity contribution in [2.24, 2.45) is 0 Å². The van der Waals surface area contributed by atoms with Crippen LogP contribution in [0.25, 0.3) is 5.69 Å². The zero-order valence-electron chi connectivity index (χ0n) is 15.8. The number of nitro groups is 1. The zero-order valence-corrected chi connectivity index (χ0v) is 15.8. The van der Waals surface area contributed by atoms with Crippen LogP contribution in [0, 0.1) is 10.1 Å². The van der Waals surface area contributed by atoms with Gasteiger partial charge >= 0.3 is 0 Å². The quantitative estimate of drug-likeness (QED) is 0.512. The van der Waals surface area contributed by atoms with Gasteiger partial charge in [0.25, 0.3) is 11.6 Å². The van der Waals surface area contributed by atoms with Crippen LogP contribution in [0.5, 0.6) is 0 Å². The van der Waals surface area contributed by atoms with E-state index in [1.807, 2.05) is 36.5 Å². The second-order valence-electron chi connectivity index (χ2n) is 6.92. The standard InChI is InChI=1S/C21H21N5O3/c27-21(24-11-3-4-12-24)18-14-17(8-9-20(18)26(28)29)22-15-16-6-1-2-7-19(16)25-13-5-10-23-25/h1-2,5-10,13-14,22H,3-4,11-12,15H2. The number of aromatic nitrogens is 2. The van der Waals surface area contributed by atoms with Gasteiger partial charge in [0.2, 0.25) is 0 Å².